The molecular formula is C23H25ClN4O2. The molecule has 0 saturated carbocycles. The first-order chi connectivity index (χ1) is 14.6. The van der Waals surface area contributed by atoms with Gasteiger partial charge in [0, 0.05) is 49.4 Å². The first-order valence-corrected chi connectivity index (χ1v) is 10.5. The van der Waals surface area contributed by atoms with E-state index in [4.69, 9.17) is 16.1 Å². The number of halogens is 1. The maximum atomic E-state index is 12.7. The fourth-order valence-corrected chi connectivity index (χ4v) is 3.80. The molecule has 2 heterocycles. The molecule has 3 aromatic rings. The maximum absolute atomic E-state index is 12.7. The number of nitrogens with one attached hydrogen (secondary N) is 1. The first-order valence-electron chi connectivity index (χ1n) is 10.1. The van der Waals surface area contributed by atoms with E-state index in [2.05, 4.69) is 27.3 Å². The van der Waals surface area contributed by atoms with Gasteiger partial charge in [-0.25, -0.2) is 0 Å². The molecule has 1 fully saturated rings. The molecule has 2 aromatic carbocycles. The molecule has 0 bridgehead atoms. The van der Waals surface area contributed by atoms with Gasteiger partial charge in [-0.15, -0.1) is 0 Å². The van der Waals surface area contributed by atoms with E-state index in [1.165, 1.54) is 0 Å². The summed E-state index contributed by atoms with van der Waals surface area (Å²) in [5, 5.41) is 7.69. The largest absolute Gasteiger partial charge is 0.355 e. The van der Waals surface area contributed by atoms with Gasteiger partial charge in [-0.1, -0.05) is 59.2 Å². The lowest BCUT2D eigenvalue weighted by Crippen LogP contribution is -2.48. The summed E-state index contributed by atoms with van der Waals surface area (Å²) in [5.74, 6) is 0.336. The number of carbonyl (C=O) groups excluding carboxylic acids is 1. The molecule has 30 heavy (non-hydrogen) atoms. The summed E-state index contributed by atoms with van der Waals surface area (Å²) >= 11 is 6.07. The monoisotopic (exact) mass is 424 g/mol. The van der Waals surface area contributed by atoms with E-state index in [1.807, 2.05) is 54.6 Å². The summed E-state index contributed by atoms with van der Waals surface area (Å²) in [6.07, 6.45) is 0. The molecular weight excluding hydrogens is 400 g/mol. The predicted octanol–water partition coefficient (Wildman–Crippen LogP) is 3.71. The summed E-state index contributed by atoms with van der Waals surface area (Å²) in [6.45, 7) is 4.38. The highest BCUT2D eigenvalue weighted by molar-refractivity contribution is 6.30. The number of amides is 1. The second-order valence-corrected chi connectivity index (χ2v) is 8.00. The van der Waals surface area contributed by atoms with Crippen LogP contribution in [0.2, 0.25) is 5.02 Å². The molecule has 1 atom stereocenters. The molecule has 1 unspecified atom stereocenters. The number of rotatable bonds is 6. The van der Waals surface area contributed by atoms with Crippen molar-refractivity contribution in [3.8, 4) is 11.3 Å². The lowest BCUT2D eigenvalue weighted by molar-refractivity contribution is 0.0879. The number of aromatic nitrogens is 1. The molecule has 7 heteroatoms. The van der Waals surface area contributed by atoms with Crippen molar-refractivity contribution < 1.29 is 9.32 Å². The predicted molar refractivity (Wildman–Crippen MR) is 118 cm³/mol. The van der Waals surface area contributed by atoms with Crippen LogP contribution in [0.5, 0.6) is 0 Å². The van der Waals surface area contributed by atoms with Gasteiger partial charge in [0.2, 0.25) is 0 Å². The molecule has 1 aliphatic rings. The highest BCUT2D eigenvalue weighted by atomic mass is 35.5. The normalized spacial score (nSPS) is 16.3. The Labute approximate surface area is 181 Å². The Hall–Kier alpha value is -2.67. The van der Waals surface area contributed by atoms with Crippen LogP contribution < -0.4 is 5.32 Å². The summed E-state index contributed by atoms with van der Waals surface area (Å²) in [5.41, 5.74) is 2.30. The van der Waals surface area contributed by atoms with Gasteiger partial charge in [-0.05, 0) is 24.7 Å². The van der Waals surface area contributed by atoms with E-state index in [1.54, 1.807) is 6.07 Å². The van der Waals surface area contributed by atoms with E-state index in [0.717, 1.165) is 37.3 Å². The smallest absolute Gasteiger partial charge is 0.273 e. The molecule has 1 N–H and O–H groups in total. The topological polar surface area (TPSA) is 61.6 Å². The van der Waals surface area contributed by atoms with Crippen LogP contribution in [0.4, 0.5) is 0 Å². The second-order valence-electron chi connectivity index (χ2n) is 7.56. The zero-order valence-electron chi connectivity index (χ0n) is 16.9. The van der Waals surface area contributed by atoms with Crippen molar-refractivity contribution in [1.29, 1.82) is 0 Å². The lowest BCUT2D eigenvalue weighted by Gasteiger charge is -2.38. The fourth-order valence-electron chi connectivity index (χ4n) is 3.68. The molecule has 4 rings (SSSR count). The van der Waals surface area contributed by atoms with Crippen molar-refractivity contribution in [2.45, 2.75) is 6.04 Å². The van der Waals surface area contributed by atoms with Crippen molar-refractivity contribution in [3.63, 3.8) is 0 Å². The Morgan fingerprint density at radius 1 is 1.10 bits per heavy atom. The van der Waals surface area contributed by atoms with Crippen LogP contribution in [0.1, 0.15) is 22.1 Å². The molecule has 1 amide bonds. The van der Waals surface area contributed by atoms with E-state index >= 15 is 0 Å². The van der Waals surface area contributed by atoms with Gasteiger partial charge in [0.15, 0.2) is 11.5 Å². The number of carbonyl (C=O) groups is 1. The first kappa shape index (κ1) is 20.6. The Morgan fingerprint density at radius 3 is 2.50 bits per heavy atom. The number of piperazine rings is 1. The number of hydrogen-bond donors (Lipinski definition) is 1. The highest BCUT2D eigenvalue weighted by Gasteiger charge is 2.25. The molecule has 0 radical (unpaired) electrons. The van der Waals surface area contributed by atoms with E-state index in [-0.39, 0.29) is 17.6 Å². The van der Waals surface area contributed by atoms with Gasteiger partial charge in [-0.2, -0.15) is 0 Å². The van der Waals surface area contributed by atoms with Crippen molar-refractivity contribution >= 4 is 17.5 Å². The standard InChI is InChI=1S/C23H25ClN4O2/c1-27-11-13-28(14-12-27)21(17-7-9-19(24)10-8-17)16-25-23(29)20-15-22(30-26-20)18-5-3-2-4-6-18/h2-10,15,21H,11-14,16H2,1H3,(H,25,29). The van der Waals surface area contributed by atoms with Crippen LogP contribution in [0, 0.1) is 0 Å². The minimum absolute atomic E-state index is 0.0698. The van der Waals surface area contributed by atoms with Crippen molar-refractivity contribution in [2.75, 3.05) is 39.8 Å². The Kier molecular flexibility index (Phi) is 6.47. The molecule has 6 nitrogen and oxygen atoms in total. The third-order valence-corrected chi connectivity index (χ3v) is 5.74. The zero-order valence-corrected chi connectivity index (χ0v) is 17.7. The Balaban J connectivity index is 1.46. The lowest BCUT2D eigenvalue weighted by atomic mass is 10.0. The van der Waals surface area contributed by atoms with Crippen LogP contribution in [-0.2, 0) is 0 Å². The molecule has 0 spiro atoms. The van der Waals surface area contributed by atoms with Crippen molar-refractivity contribution in [1.82, 2.24) is 20.3 Å². The highest BCUT2D eigenvalue weighted by Crippen LogP contribution is 2.24. The number of hydrogen-bond acceptors (Lipinski definition) is 5. The van der Waals surface area contributed by atoms with Crippen LogP contribution in [0.25, 0.3) is 11.3 Å². The molecule has 0 aliphatic carbocycles. The Bertz CT molecular complexity index is 966. The minimum atomic E-state index is -0.242. The van der Waals surface area contributed by atoms with E-state index in [0.29, 0.717) is 17.3 Å². The van der Waals surface area contributed by atoms with Crippen LogP contribution in [0.15, 0.2) is 65.2 Å². The molecule has 1 saturated heterocycles. The quantitative estimate of drug-likeness (QED) is 0.653. The third kappa shape index (κ3) is 4.90. The summed E-state index contributed by atoms with van der Waals surface area (Å²) < 4.78 is 5.36. The van der Waals surface area contributed by atoms with Gasteiger partial charge in [0.05, 0.1) is 6.04 Å². The van der Waals surface area contributed by atoms with Gasteiger partial charge in [0.1, 0.15) is 0 Å². The molecule has 156 valence electrons. The van der Waals surface area contributed by atoms with Gasteiger partial charge in [0.25, 0.3) is 5.91 Å². The summed E-state index contributed by atoms with van der Waals surface area (Å²) in [7, 11) is 2.13. The third-order valence-electron chi connectivity index (χ3n) is 5.49. The average molecular weight is 425 g/mol. The fraction of sp³-hybridized carbons (Fsp3) is 0.304. The second kappa shape index (κ2) is 9.43. The molecule has 1 aromatic heterocycles. The van der Waals surface area contributed by atoms with Crippen molar-refractivity contribution in [2.24, 2.45) is 0 Å². The van der Waals surface area contributed by atoms with Gasteiger partial charge >= 0.3 is 0 Å². The van der Waals surface area contributed by atoms with Crippen LogP contribution >= 0.6 is 11.6 Å². The van der Waals surface area contributed by atoms with Gasteiger partial charge in [-0.3, -0.25) is 9.69 Å². The number of nitrogens with zero attached hydrogens (tertiary/aromatic N) is 3. The maximum Gasteiger partial charge on any atom is 0.273 e. The van der Waals surface area contributed by atoms with Gasteiger partial charge < -0.3 is 14.7 Å². The summed E-state index contributed by atoms with van der Waals surface area (Å²) in [4.78, 5) is 17.5. The molecule has 1 aliphatic heterocycles. The van der Waals surface area contributed by atoms with E-state index in [9.17, 15) is 4.79 Å². The summed E-state index contributed by atoms with van der Waals surface area (Å²) in [6, 6.07) is 19.2. The average Bonchev–Trinajstić information content (AvgIpc) is 3.27. The Morgan fingerprint density at radius 2 is 1.80 bits per heavy atom. The van der Waals surface area contributed by atoms with Crippen LogP contribution in [-0.4, -0.2) is 60.6 Å². The minimum Gasteiger partial charge on any atom is -0.355 e. The zero-order chi connectivity index (χ0) is 20.9. The number of likely N-dealkylation sites (N-methyl/N-ethyl adjacent to an activating group) is 1. The SMILES string of the molecule is CN1CCN(C(CNC(=O)c2cc(-c3ccccc3)on2)c2ccc(Cl)cc2)CC1. The number of benzene rings is 2. The van der Waals surface area contributed by atoms with E-state index < -0.39 is 0 Å². The van der Waals surface area contributed by atoms with Crippen LogP contribution in [0.3, 0.4) is 0 Å². The van der Waals surface area contributed by atoms with Crippen molar-refractivity contribution in [3.05, 3.63) is 76.9 Å².